The maximum Gasteiger partial charge on any atom is 0.143 e. The van der Waals surface area contributed by atoms with E-state index >= 15 is 0 Å². The molecule has 0 saturated heterocycles. The summed E-state index contributed by atoms with van der Waals surface area (Å²) < 4.78 is 6.47. The van der Waals surface area contributed by atoms with Gasteiger partial charge in [-0.25, -0.2) is 0 Å². The Labute approximate surface area is 171 Å². The minimum Gasteiger partial charge on any atom is -0.482 e. The van der Waals surface area contributed by atoms with Gasteiger partial charge in [0, 0.05) is 6.54 Å². The third kappa shape index (κ3) is 3.00. The van der Waals surface area contributed by atoms with Crippen LogP contribution in [-0.2, 0) is 12.8 Å². The molecule has 29 heavy (non-hydrogen) atoms. The van der Waals surface area contributed by atoms with Crippen LogP contribution in [0, 0.1) is 0 Å². The molecular weight excluding hydrogens is 358 g/mol. The van der Waals surface area contributed by atoms with Crippen LogP contribution in [0.2, 0.25) is 0 Å². The molecule has 3 N–H and O–H groups in total. The first-order chi connectivity index (χ1) is 14.3. The van der Waals surface area contributed by atoms with Crippen LogP contribution in [0.25, 0.3) is 0 Å². The Balaban J connectivity index is 1.25. The first-order valence-electron chi connectivity index (χ1n) is 10.6. The van der Waals surface area contributed by atoms with E-state index in [0.29, 0.717) is 0 Å². The average molecular weight is 383 g/mol. The Hall–Kier alpha value is -3.14. The number of rotatable bonds is 2. The van der Waals surface area contributed by atoms with Crippen molar-refractivity contribution in [2.24, 2.45) is 0 Å². The van der Waals surface area contributed by atoms with E-state index in [1.807, 2.05) is 0 Å². The van der Waals surface area contributed by atoms with Gasteiger partial charge in [0.1, 0.15) is 11.9 Å². The van der Waals surface area contributed by atoms with Crippen LogP contribution in [0.3, 0.4) is 0 Å². The molecule has 1 aliphatic carbocycles. The molecule has 0 spiro atoms. The quantitative estimate of drug-likeness (QED) is 0.562. The van der Waals surface area contributed by atoms with Gasteiger partial charge >= 0.3 is 0 Å². The van der Waals surface area contributed by atoms with Crippen LogP contribution < -0.4 is 20.7 Å². The number of nitrogens with one attached hydrogen (secondary N) is 3. The summed E-state index contributed by atoms with van der Waals surface area (Å²) in [5, 5.41) is 10.7. The molecule has 0 radical (unpaired) electrons. The molecule has 2 heterocycles. The van der Waals surface area contributed by atoms with Crippen LogP contribution in [0.1, 0.15) is 40.8 Å². The predicted molar refractivity (Wildman–Crippen MR) is 118 cm³/mol. The zero-order valence-corrected chi connectivity index (χ0v) is 16.4. The minimum atomic E-state index is 0.0572. The number of fused-ring (bicyclic) bond motifs is 3. The molecule has 0 fully saturated rings. The lowest BCUT2D eigenvalue weighted by Gasteiger charge is -2.31. The molecule has 0 saturated carbocycles. The summed E-state index contributed by atoms with van der Waals surface area (Å²) in [6.07, 6.45) is 3.75. The fourth-order valence-electron chi connectivity index (χ4n) is 4.79. The molecule has 0 aromatic heterocycles. The highest BCUT2D eigenvalue weighted by molar-refractivity contribution is 5.72. The highest BCUT2D eigenvalue weighted by Gasteiger charge is 2.25. The summed E-state index contributed by atoms with van der Waals surface area (Å²) in [4.78, 5) is 0. The van der Waals surface area contributed by atoms with Crippen molar-refractivity contribution in [3.05, 3.63) is 82.9 Å². The van der Waals surface area contributed by atoms with E-state index in [1.165, 1.54) is 41.5 Å². The van der Waals surface area contributed by atoms with E-state index in [-0.39, 0.29) is 12.1 Å². The predicted octanol–water partition coefficient (Wildman–Crippen LogP) is 5.30. The van der Waals surface area contributed by atoms with Crippen molar-refractivity contribution in [2.75, 3.05) is 29.0 Å². The molecule has 6 rings (SSSR count). The van der Waals surface area contributed by atoms with Gasteiger partial charge in [-0.2, -0.15) is 0 Å². The monoisotopic (exact) mass is 383 g/mol. The Morgan fingerprint density at radius 1 is 0.724 bits per heavy atom. The van der Waals surface area contributed by atoms with Gasteiger partial charge in [0.15, 0.2) is 0 Å². The molecule has 0 amide bonds. The average Bonchev–Trinajstić information content (AvgIpc) is 3.26. The normalized spacial score (nSPS) is 21.5. The molecule has 3 aromatic rings. The van der Waals surface area contributed by atoms with Crippen molar-refractivity contribution < 1.29 is 4.74 Å². The molecule has 146 valence electrons. The zero-order valence-electron chi connectivity index (χ0n) is 16.4. The SMILES string of the molecule is c1ccc2c(c1)NCC(c1ccc3c(c1)OC(c1ccc4c(c1)CCC4)CN3)N2. The van der Waals surface area contributed by atoms with Gasteiger partial charge in [-0.1, -0.05) is 36.4 Å². The molecule has 2 aliphatic heterocycles. The van der Waals surface area contributed by atoms with Gasteiger partial charge in [-0.15, -0.1) is 0 Å². The van der Waals surface area contributed by atoms with Crippen LogP contribution in [0.5, 0.6) is 5.75 Å². The number of benzene rings is 3. The maximum absolute atomic E-state index is 6.47. The Kier molecular flexibility index (Phi) is 3.89. The van der Waals surface area contributed by atoms with E-state index in [0.717, 1.165) is 35.9 Å². The smallest absolute Gasteiger partial charge is 0.143 e. The van der Waals surface area contributed by atoms with E-state index in [9.17, 15) is 0 Å². The Morgan fingerprint density at radius 3 is 2.52 bits per heavy atom. The number of aryl methyl sites for hydroxylation is 2. The number of anilines is 3. The molecule has 0 bridgehead atoms. The van der Waals surface area contributed by atoms with E-state index in [2.05, 4.69) is 76.6 Å². The lowest BCUT2D eigenvalue weighted by atomic mass is 10.00. The van der Waals surface area contributed by atoms with Crippen molar-refractivity contribution >= 4 is 17.1 Å². The lowest BCUT2D eigenvalue weighted by molar-refractivity contribution is 0.210. The van der Waals surface area contributed by atoms with E-state index in [1.54, 1.807) is 0 Å². The second-order valence-corrected chi connectivity index (χ2v) is 8.25. The van der Waals surface area contributed by atoms with Gasteiger partial charge in [0.2, 0.25) is 0 Å². The molecule has 3 aromatic carbocycles. The van der Waals surface area contributed by atoms with Gasteiger partial charge in [-0.3, -0.25) is 0 Å². The molecule has 2 unspecified atom stereocenters. The third-order valence-corrected chi connectivity index (χ3v) is 6.40. The van der Waals surface area contributed by atoms with Gasteiger partial charge in [0.05, 0.1) is 29.6 Å². The highest BCUT2D eigenvalue weighted by atomic mass is 16.5. The fraction of sp³-hybridized carbons (Fsp3) is 0.280. The van der Waals surface area contributed by atoms with Crippen molar-refractivity contribution in [3.63, 3.8) is 0 Å². The first kappa shape index (κ1) is 16.8. The maximum atomic E-state index is 6.47. The Bertz CT molecular complexity index is 1080. The lowest BCUT2D eigenvalue weighted by Crippen LogP contribution is -2.27. The van der Waals surface area contributed by atoms with Gasteiger partial charge < -0.3 is 20.7 Å². The fourth-order valence-corrected chi connectivity index (χ4v) is 4.79. The number of hydrogen-bond acceptors (Lipinski definition) is 4. The summed E-state index contributed by atoms with van der Waals surface area (Å²) in [7, 11) is 0. The number of para-hydroxylation sites is 2. The van der Waals surface area contributed by atoms with Crippen molar-refractivity contribution in [1.82, 2.24) is 0 Å². The summed E-state index contributed by atoms with van der Waals surface area (Å²) in [6.45, 7) is 1.67. The summed E-state index contributed by atoms with van der Waals surface area (Å²) in [5.41, 5.74) is 8.92. The standard InChI is InChI=1S/C25H25N3O/c1-2-7-21-20(6-1)26-14-23(28-21)18-10-11-22-24(13-18)29-25(15-27-22)19-9-8-16-4-3-5-17(16)12-19/h1-2,6-13,23,25-28H,3-5,14-15H2. The van der Waals surface area contributed by atoms with Crippen molar-refractivity contribution in [2.45, 2.75) is 31.4 Å². The first-order valence-corrected chi connectivity index (χ1v) is 10.6. The van der Waals surface area contributed by atoms with E-state index in [4.69, 9.17) is 4.74 Å². The van der Waals surface area contributed by atoms with Gasteiger partial charge in [0.25, 0.3) is 0 Å². The van der Waals surface area contributed by atoms with Crippen molar-refractivity contribution in [1.29, 1.82) is 0 Å². The van der Waals surface area contributed by atoms with Crippen LogP contribution in [-0.4, -0.2) is 13.1 Å². The molecule has 2 atom stereocenters. The van der Waals surface area contributed by atoms with Crippen LogP contribution in [0.4, 0.5) is 17.1 Å². The van der Waals surface area contributed by atoms with Crippen LogP contribution >= 0.6 is 0 Å². The summed E-state index contributed by atoms with van der Waals surface area (Å²) in [6, 6.07) is 22.0. The second kappa shape index (κ2) is 6.73. The third-order valence-electron chi connectivity index (χ3n) is 6.40. The Morgan fingerprint density at radius 2 is 1.55 bits per heavy atom. The number of ether oxygens (including phenoxy) is 1. The highest BCUT2D eigenvalue weighted by Crippen LogP contribution is 2.39. The molecule has 4 nitrogen and oxygen atoms in total. The summed E-state index contributed by atoms with van der Waals surface area (Å²) in [5.74, 6) is 0.944. The van der Waals surface area contributed by atoms with Gasteiger partial charge in [-0.05, 0) is 65.8 Å². The molecule has 3 aliphatic rings. The largest absolute Gasteiger partial charge is 0.482 e. The summed E-state index contributed by atoms with van der Waals surface area (Å²) >= 11 is 0. The van der Waals surface area contributed by atoms with E-state index < -0.39 is 0 Å². The second-order valence-electron chi connectivity index (χ2n) is 8.25. The minimum absolute atomic E-state index is 0.0572. The van der Waals surface area contributed by atoms with Crippen molar-refractivity contribution in [3.8, 4) is 5.75 Å². The number of hydrogen-bond donors (Lipinski definition) is 3. The van der Waals surface area contributed by atoms with Crippen LogP contribution in [0.15, 0.2) is 60.7 Å². The topological polar surface area (TPSA) is 45.3 Å². The molecular formula is C25H25N3O. The molecule has 4 heteroatoms. The zero-order chi connectivity index (χ0) is 19.2.